The SMILES string of the molecule is CC.CCCC(=O)N1CC(OC2CCN(C)CC2)C1. The maximum absolute atomic E-state index is 11.6. The molecule has 2 aliphatic heterocycles. The van der Waals surface area contributed by atoms with Gasteiger partial charge >= 0.3 is 0 Å². The molecule has 112 valence electrons. The third-order valence-electron chi connectivity index (χ3n) is 3.72. The van der Waals surface area contributed by atoms with Crippen LogP contribution in [0.15, 0.2) is 0 Å². The van der Waals surface area contributed by atoms with Crippen LogP contribution in [0.1, 0.15) is 46.5 Å². The summed E-state index contributed by atoms with van der Waals surface area (Å²) in [6.45, 7) is 9.94. The van der Waals surface area contributed by atoms with Gasteiger partial charge in [-0.3, -0.25) is 4.79 Å². The lowest BCUT2D eigenvalue weighted by Crippen LogP contribution is -2.56. The van der Waals surface area contributed by atoms with Crippen molar-refractivity contribution >= 4 is 5.91 Å². The summed E-state index contributed by atoms with van der Waals surface area (Å²) in [7, 11) is 2.16. The first-order valence-corrected chi connectivity index (χ1v) is 7.80. The number of likely N-dealkylation sites (tertiary alicyclic amines) is 2. The Morgan fingerprint density at radius 1 is 1.16 bits per heavy atom. The van der Waals surface area contributed by atoms with Crippen molar-refractivity contribution in [3.05, 3.63) is 0 Å². The Morgan fingerprint density at radius 3 is 2.26 bits per heavy atom. The van der Waals surface area contributed by atoms with Crippen LogP contribution in [0.4, 0.5) is 0 Å². The molecule has 0 aliphatic carbocycles. The van der Waals surface area contributed by atoms with Gasteiger partial charge in [0.15, 0.2) is 0 Å². The summed E-state index contributed by atoms with van der Waals surface area (Å²) in [5.74, 6) is 0.288. The van der Waals surface area contributed by atoms with Crippen molar-refractivity contribution in [3.8, 4) is 0 Å². The first-order valence-electron chi connectivity index (χ1n) is 7.80. The van der Waals surface area contributed by atoms with Gasteiger partial charge in [-0.1, -0.05) is 20.8 Å². The molecule has 0 bridgehead atoms. The summed E-state index contributed by atoms with van der Waals surface area (Å²) in [5.41, 5.74) is 0. The van der Waals surface area contributed by atoms with Gasteiger partial charge in [0.1, 0.15) is 0 Å². The van der Waals surface area contributed by atoms with Gasteiger partial charge in [-0.25, -0.2) is 0 Å². The lowest BCUT2D eigenvalue weighted by molar-refractivity contribution is -0.152. The van der Waals surface area contributed by atoms with Crippen LogP contribution in [0.2, 0.25) is 0 Å². The van der Waals surface area contributed by atoms with Crippen molar-refractivity contribution in [2.75, 3.05) is 33.2 Å². The van der Waals surface area contributed by atoms with Crippen LogP contribution in [-0.4, -0.2) is 61.1 Å². The number of piperidine rings is 1. The van der Waals surface area contributed by atoms with E-state index < -0.39 is 0 Å². The van der Waals surface area contributed by atoms with E-state index in [1.807, 2.05) is 25.7 Å². The molecule has 2 heterocycles. The monoisotopic (exact) mass is 270 g/mol. The Labute approximate surface area is 118 Å². The van der Waals surface area contributed by atoms with E-state index in [4.69, 9.17) is 4.74 Å². The van der Waals surface area contributed by atoms with Crippen molar-refractivity contribution in [1.82, 2.24) is 9.80 Å². The molecule has 19 heavy (non-hydrogen) atoms. The number of rotatable bonds is 4. The van der Waals surface area contributed by atoms with E-state index in [1.165, 1.54) is 0 Å². The second-order valence-electron chi connectivity index (χ2n) is 5.31. The third-order valence-corrected chi connectivity index (χ3v) is 3.72. The number of ether oxygens (including phenoxy) is 1. The quantitative estimate of drug-likeness (QED) is 0.784. The highest BCUT2D eigenvalue weighted by Crippen LogP contribution is 2.20. The van der Waals surface area contributed by atoms with Crippen LogP contribution in [0.25, 0.3) is 0 Å². The predicted octanol–water partition coefficient (Wildman–Crippen LogP) is 2.13. The molecule has 2 saturated heterocycles. The zero-order valence-corrected chi connectivity index (χ0v) is 13.0. The number of carbonyl (C=O) groups excluding carboxylic acids is 1. The van der Waals surface area contributed by atoms with E-state index in [1.54, 1.807) is 0 Å². The normalized spacial score (nSPS) is 21.6. The van der Waals surface area contributed by atoms with Crippen molar-refractivity contribution in [2.45, 2.75) is 58.7 Å². The second-order valence-corrected chi connectivity index (χ2v) is 5.31. The summed E-state index contributed by atoms with van der Waals surface area (Å²) >= 11 is 0. The van der Waals surface area contributed by atoms with E-state index in [0.29, 0.717) is 18.6 Å². The van der Waals surface area contributed by atoms with Gasteiger partial charge in [-0.2, -0.15) is 0 Å². The second kappa shape index (κ2) is 8.54. The molecule has 0 radical (unpaired) electrons. The molecule has 0 spiro atoms. The van der Waals surface area contributed by atoms with E-state index in [-0.39, 0.29) is 5.91 Å². The molecule has 0 atom stereocenters. The van der Waals surface area contributed by atoms with Crippen LogP contribution >= 0.6 is 0 Å². The van der Waals surface area contributed by atoms with Gasteiger partial charge in [-0.05, 0) is 26.3 Å². The van der Waals surface area contributed by atoms with E-state index in [9.17, 15) is 4.79 Å². The topological polar surface area (TPSA) is 32.8 Å². The number of nitrogens with zero attached hydrogens (tertiary/aromatic N) is 2. The fraction of sp³-hybridized carbons (Fsp3) is 0.933. The Balaban J connectivity index is 0.000000861. The minimum Gasteiger partial charge on any atom is -0.371 e. The first kappa shape index (κ1) is 16.4. The van der Waals surface area contributed by atoms with Gasteiger partial charge in [0.2, 0.25) is 5.91 Å². The lowest BCUT2D eigenvalue weighted by Gasteiger charge is -2.42. The van der Waals surface area contributed by atoms with Crippen molar-refractivity contribution in [3.63, 3.8) is 0 Å². The fourth-order valence-electron chi connectivity index (χ4n) is 2.49. The maximum Gasteiger partial charge on any atom is 0.222 e. The summed E-state index contributed by atoms with van der Waals surface area (Å²) in [4.78, 5) is 15.8. The van der Waals surface area contributed by atoms with Crippen molar-refractivity contribution in [2.24, 2.45) is 0 Å². The Morgan fingerprint density at radius 2 is 1.74 bits per heavy atom. The largest absolute Gasteiger partial charge is 0.371 e. The summed E-state index contributed by atoms with van der Waals surface area (Å²) in [6, 6.07) is 0. The van der Waals surface area contributed by atoms with Crippen molar-refractivity contribution in [1.29, 1.82) is 0 Å². The zero-order chi connectivity index (χ0) is 14.3. The molecule has 0 aromatic rings. The van der Waals surface area contributed by atoms with Gasteiger partial charge in [0.25, 0.3) is 0 Å². The standard InChI is InChI=1S/C13H24N2O2.C2H6/c1-3-4-13(16)15-9-12(10-15)17-11-5-7-14(2)8-6-11;1-2/h11-12H,3-10H2,1-2H3;1-2H3. The Kier molecular flexibility index (Phi) is 7.39. The van der Waals surface area contributed by atoms with Crippen LogP contribution in [0.5, 0.6) is 0 Å². The first-order chi connectivity index (χ1) is 9.19. The molecule has 4 heteroatoms. The molecule has 2 aliphatic rings. The molecule has 0 unspecified atom stereocenters. The third kappa shape index (κ3) is 5.11. The molecular formula is C15H30N2O2. The van der Waals surface area contributed by atoms with Crippen LogP contribution in [0.3, 0.4) is 0 Å². The molecule has 2 fully saturated rings. The molecule has 1 amide bonds. The van der Waals surface area contributed by atoms with Crippen LogP contribution in [-0.2, 0) is 9.53 Å². The Hall–Kier alpha value is -0.610. The van der Waals surface area contributed by atoms with Crippen molar-refractivity contribution < 1.29 is 9.53 Å². The van der Waals surface area contributed by atoms with Crippen LogP contribution in [0, 0.1) is 0 Å². The highest BCUT2D eigenvalue weighted by atomic mass is 16.5. The maximum atomic E-state index is 11.6. The molecule has 4 nitrogen and oxygen atoms in total. The zero-order valence-electron chi connectivity index (χ0n) is 13.0. The van der Waals surface area contributed by atoms with E-state index in [2.05, 4.69) is 11.9 Å². The van der Waals surface area contributed by atoms with Gasteiger partial charge in [0, 0.05) is 32.6 Å². The average molecular weight is 270 g/mol. The molecule has 0 aromatic heterocycles. The lowest BCUT2D eigenvalue weighted by atomic mass is 10.1. The number of hydrogen-bond acceptors (Lipinski definition) is 3. The smallest absolute Gasteiger partial charge is 0.222 e. The van der Waals surface area contributed by atoms with Gasteiger partial charge in [-0.15, -0.1) is 0 Å². The highest BCUT2D eigenvalue weighted by molar-refractivity contribution is 5.77. The van der Waals surface area contributed by atoms with E-state index in [0.717, 1.165) is 45.4 Å². The van der Waals surface area contributed by atoms with Crippen LogP contribution < -0.4 is 0 Å². The molecular weight excluding hydrogens is 240 g/mol. The summed E-state index contributed by atoms with van der Waals surface area (Å²) in [5, 5.41) is 0. The number of hydrogen-bond donors (Lipinski definition) is 0. The Bertz CT molecular complexity index is 257. The number of amides is 1. The summed E-state index contributed by atoms with van der Waals surface area (Å²) in [6.07, 6.45) is 4.60. The van der Waals surface area contributed by atoms with Gasteiger partial charge in [0.05, 0.1) is 12.2 Å². The minimum absolute atomic E-state index is 0.288. The summed E-state index contributed by atoms with van der Waals surface area (Å²) < 4.78 is 6.01. The average Bonchev–Trinajstić information content (AvgIpc) is 2.38. The minimum atomic E-state index is 0.288. The predicted molar refractivity (Wildman–Crippen MR) is 78.2 cm³/mol. The van der Waals surface area contributed by atoms with Gasteiger partial charge < -0.3 is 14.5 Å². The fourth-order valence-corrected chi connectivity index (χ4v) is 2.49. The van der Waals surface area contributed by atoms with E-state index >= 15 is 0 Å². The molecule has 2 rings (SSSR count). The number of carbonyl (C=O) groups is 1. The molecule has 0 saturated carbocycles. The molecule has 0 aromatic carbocycles. The highest BCUT2D eigenvalue weighted by Gasteiger charge is 2.33. The molecule has 0 N–H and O–H groups in total.